The van der Waals surface area contributed by atoms with Gasteiger partial charge in [0.05, 0.1) is 17.4 Å². The lowest BCUT2D eigenvalue weighted by Crippen LogP contribution is -2.18. The Kier molecular flexibility index (Phi) is 5.79. The topological polar surface area (TPSA) is 29.9 Å². The molecule has 1 N–H and O–H groups in total. The first-order valence-electron chi connectivity index (χ1n) is 7.22. The van der Waals surface area contributed by atoms with Crippen LogP contribution in [-0.4, -0.2) is 9.78 Å². The van der Waals surface area contributed by atoms with Gasteiger partial charge >= 0.3 is 0 Å². The number of hydrogen-bond donors (Lipinski definition) is 1. The zero-order chi connectivity index (χ0) is 13.9. The maximum Gasteiger partial charge on any atom is 0.176 e. The third kappa shape index (κ3) is 4.05. The molecule has 1 aliphatic rings. The van der Waals surface area contributed by atoms with E-state index in [0.29, 0.717) is 12.6 Å². The summed E-state index contributed by atoms with van der Waals surface area (Å²) in [5.74, 6) is 0. The zero-order valence-electron chi connectivity index (χ0n) is 12.1. The van der Waals surface area contributed by atoms with E-state index < -0.39 is 0 Å². The van der Waals surface area contributed by atoms with E-state index in [4.69, 9.17) is 0 Å². The molecular weight excluding hydrogens is 309 g/mol. The predicted molar refractivity (Wildman–Crippen MR) is 86.5 cm³/mol. The molecule has 1 fully saturated rings. The average Bonchev–Trinajstić information content (AvgIpc) is 3.11. The van der Waals surface area contributed by atoms with Gasteiger partial charge in [-0.3, -0.25) is 4.68 Å². The fourth-order valence-electron chi connectivity index (χ4n) is 2.93. The molecule has 3 nitrogen and oxygen atoms in total. The van der Waals surface area contributed by atoms with Crippen LogP contribution in [0.4, 0.5) is 4.39 Å². The van der Waals surface area contributed by atoms with Gasteiger partial charge in [0.15, 0.2) is 5.13 Å². The first kappa shape index (κ1) is 16.5. The molecule has 0 atom stereocenters. The van der Waals surface area contributed by atoms with Crippen LogP contribution in [0, 0.1) is 12.1 Å². The molecule has 0 saturated heterocycles. The van der Waals surface area contributed by atoms with Crippen molar-refractivity contribution >= 4 is 23.7 Å². The highest BCUT2D eigenvalue weighted by Crippen LogP contribution is 2.30. The first-order chi connectivity index (χ1) is 9.72. The van der Waals surface area contributed by atoms with Crippen LogP contribution in [-0.2, 0) is 13.1 Å². The van der Waals surface area contributed by atoms with E-state index in [9.17, 15) is 4.39 Å². The van der Waals surface area contributed by atoms with Crippen LogP contribution in [0.1, 0.15) is 48.0 Å². The highest BCUT2D eigenvalue weighted by Gasteiger charge is 2.20. The molecule has 2 aromatic rings. The molecule has 2 heterocycles. The minimum Gasteiger partial charge on any atom is -0.306 e. The highest BCUT2D eigenvalue weighted by atomic mass is 35.5. The standard InChI is InChI=1S/C15H20FN3S.ClH/c1-11-8-13(19(18-11)12-4-2-3-5-12)9-17-10-14-6-7-15(16)20-14;/h6-8,12,17H,2-5,9-10H2,1H3;1H. The van der Waals surface area contributed by atoms with Crippen LogP contribution in [0.25, 0.3) is 0 Å². The van der Waals surface area contributed by atoms with Crippen LogP contribution in [0.2, 0.25) is 0 Å². The molecule has 0 amide bonds. The van der Waals surface area contributed by atoms with Crippen LogP contribution in [0.15, 0.2) is 18.2 Å². The summed E-state index contributed by atoms with van der Waals surface area (Å²) in [4.78, 5) is 1.03. The number of thiophene rings is 1. The largest absolute Gasteiger partial charge is 0.306 e. The molecule has 0 spiro atoms. The van der Waals surface area contributed by atoms with Crippen LogP contribution >= 0.6 is 23.7 Å². The van der Waals surface area contributed by atoms with Crippen molar-refractivity contribution in [3.05, 3.63) is 39.6 Å². The van der Waals surface area contributed by atoms with E-state index in [0.717, 1.165) is 17.1 Å². The molecule has 1 aliphatic carbocycles. The summed E-state index contributed by atoms with van der Waals surface area (Å²) in [6.07, 6.45) is 5.10. The summed E-state index contributed by atoms with van der Waals surface area (Å²) in [7, 11) is 0. The van der Waals surface area contributed by atoms with Gasteiger partial charge in [-0.2, -0.15) is 9.49 Å². The van der Waals surface area contributed by atoms with Gasteiger partial charge in [-0.25, -0.2) is 0 Å². The van der Waals surface area contributed by atoms with Gasteiger partial charge in [-0.1, -0.05) is 12.8 Å². The summed E-state index contributed by atoms with van der Waals surface area (Å²) < 4.78 is 15.1. The van der Waals surface area contributed by atoms with Crippen LogP contribution in [0.3, 0.4) is 0 Å². The highest BCUT2D eigenvalue weighted by molar-refractivity contribution is 7.10. The number of nitrogens with one attached hydrogen (secondary N) is 1. The summed E-state index contributed by atoms with van der Waals surface area (Å²) in [5, 5.41) is 7.92. The molecule has 6 heteroatoms. The molecule has 2 aromatic heterocycles. The maximum atomic E-state index is 12.9. The third-order valence-corrected chi connectivity index (χ3v) is 4.71. The van der Waals surface area contributed by atoms with Gasteiger partial charge in [0.1, 0.15) is 0 Å². The number of hydrogen-bond acceptors (Lipinski definition) is 3. The Labute approximate surface area is 135 Å². The summed E-state index contributed by atoms with van der Waals surface area (Å²) in [5.41, 5.74) is 2.32. The van der Waals surface area contributed by atoms with Gasteiger partial charge < -0.3 is 5.32 Å². The minimum atomic E-state index is -0.117. The van der Waals surface area contributed by atoms with Crippen molar-refractivity contribution in [3.63, 3.8) is 0 Å². The summed E-state index contributed by atoms with van der Waals surface area (Å²) in [6.45, 7) is 3.55. The van der Waals surface area contributed by atoms with Gasteiger partial charge in [0.2, 0.25) is 0 Å². The second-order valence-corrected chi connectivity index (χ2v) is 6.59. The van der Waals surface area contributed by atoms with Gasteiger partial charge in [0, 0.05) is 18.0 Å². The summed E-state index contributed by atoms with van der Waals surface area (Å²) >= 11 is 1.21. The molecule has 21 heavy (non-hydrogen) atoms. The van der Waals surface area contributed by atoms with E-state index >= 15 is 0 Å². The van der Waals surface area contributed by atoms with Gasteiger partial charge in [0.25, 0.3) is 0 Å². The number of aromatic nitrogens is 2. The zero-order valence-corrected chi connectivity index (χ0v) is 13.8. The van der Waals surface area contributed by atoms with Crippen molar-refractivity contribution in [2.24, 2.45) is 0 Å². The smallest absolute Gasteiger partial charge is 0.176 e. The Bertz CT molecular complexity index is 575. The Morgan fingerprint density at radius 1 is 1.33 bits per heavy atom. The average molecular weight is 330 g/mol. The number of halogens is 2. The van der Waals surface area contributed by atoms with Crippen LogP contribution in [0.5, 0.6) is 0 Å². The van der Waals surface area contributed by atoms with Crippen molar-refractivity contribution in [1.29, 1.82) is 0 Å². The monoisotopic (exact) mass is 329 g/mol. The van der Waals surface area contributed by atoms with Gasteiger partial charge in [-0.15, -0.1) is 23.7 Å². The fourth-order valence-corrected chi connectivity index (χ4v) is 3.62. The van der Waals surface area contributed by atoms with E-state index in [2.05, 4.69) is 21.2 Å². The number of nitrogens with zero attached hydrogens (tertiary/aromatic N) is 2. The lowest BCUT2D eigenvalue weighted by atomic mass is 10.2. The molecule has 0 bridgehead atoms. The van der Waals surface area contributed by atoms with E-state index in [1.54, 1.807) is 0 Å². The van der Waals surface area contributed by atoms with Crippen molar-refractivity contribution in [2.45, 2.75) is 51.7 Å². The predicted octanol–water partition coefficient (Wildman–Crippen LogP) is 4.22. The lowest BCUT2D eigenvalue weighted by Gasteiger charge is -2.14. The first-order valence-corrected chi connectivity index (χ1v) is 8.04. The van der Waals surface area contributed by atoms with E-state index in [1.807, 2.05) is 13.0 Å². The maximum absolute atomic E-state index is 12.9. The van der Waals surface area contributed by atoms with Crippen LogP contribution < -0.4 is 5.32 Å². The third-order valence-electron chi connectivity index (χ3n) is 3.84. The summed E-state index contributed by atoms with van der Waals surface area (Å²) in [6, 6.07) is 6.08. The van der Waals surface area contributed by atoms with Crippen molar-refractivity contribution < 1.29 is 4.39 Å². The number of aryl methyl sites for hydroxylation is 1. The minimum absolute atomic E-state index is 0. The lowest BCUT2D eigenvalue weighted by molar-refractivity contribution is 0.440. The molecule has 0 aromatic carbocycles. The quantitative estimate of drug-likeness (QED) is 0.890. The second kappa shape index (κ2) is 7.38. The molecule has 0 radical (unpaired) electrons. The Morgan fingerprint density at radius 3 is 2.76 bits per heavy atom. The fraction of sp³-hybridized carbons (Fsp3) is 0.533. The van der Waals surface area contributed by atoms with Gasteiger partial charge in [-0.05, 0) is 38.0 Å². The van der Waals surface area contributed by atoms with E-state index in [1.165, 1.54) is 48.8 Å². The molecular formula is C15H21ClFN3S. The second-order valence-electron chi connectivity index (χ2n) is 5.47. The van der Waals surface area contributed by atoms with Crippen molar-refractivity contribution in [3.8, 4) is 0 Å². The Morgan fingerprint density at radius 2 is 2.10 bits per heavy atom. The molecule has 0 aliphatic heterocycles. The van der Waals surface area contributed by atoms with Crippen molar-refractivity contribution in [2.75, 3.05) is 0 Å². The van der Waals surface area contributed by atoms with Crippen molar-refractivity contribution in [1.82, 2.24) is 15.1 Å². The van der Waals surface area contributed by atoms with E-state index in [-0.39, 0.29) is 17.5 Å². The molecule has 3 rings (SSSR count). The molecule has 1 saturated carbocycles. The SMILES string of the molecule is Cc1cc(CNCc2ccc(F)s2)n(C2CCCC2)n1.Cl. The normalized spacial score (nSPS) is 15.3. The molecule has 116 valence electrons. The Hall–Kier alpha value is -0.910. The Balaban J connectivity index is 0.00000161. The number of rotatable bonds is 5. The molecule has 0 unspecified atom stereocenters.